The Balaban J connectivity index is 2.15. The zero-order chi connectivity index (χ0) is 15.4. The largest absolute Gasteiger partial charge is 0.496 e. The maximum atomic E-state index is 7.55. The first-order valence-electron chi connectivity index (χ1n) is 6.60. The fourth-order valence-electron chi connectivity index (χ4n) is 2.14. The van der Waals surface area contributed by atoms with Crippen LogP contribution in [0.15, 0.2) is 23.7 Å². The van der Waals surface area contributed by atoms with Gasteiger partial charge in [-0.2, -0.15) is 0 Å². The minimum Gasteiger partial charge on any atom is -0.496 e. The topological polar surface area (TPSA) is 75.2 Å². The quantitative estimate of drug-likeness (QED) is 0.634. The number of ether oxygens (including phenoxy) is 1. The lowest BCUT2D eigenvalue weighted by Gasteiger charge is -2.18. The van der Waals surface area contributed by atoms with Crippen molar-refractivity contribution in [3.8, 4) is 5.75 Å². The number of thiazole rings is 1. The van der Waals surface area contributed by atoms with Crippen molar-refractivity contribution in [2.24, 2.45) is 5.73 Å². The Morgan fingerprint density at radius 3 is 2.76 bits per heavy atom. The third-order valence-corrected chi connectivity index (χ3v) is 4.21. The minimum atomic E-state index is 0.0693. The van der Waals surface area contributed by atoms with Gasteiger partial charge in [-0.3, -0.25) is 10.3 Å². The number of hydrogen-bond acceptors (Lipinski definition) is 5. The van der Waals surface area contributed by atoms with Crippen molar-refractivity contribution >= 4 is 17.2 Å². The number of amidine groups is 1. The second kappa shape index (κ2) is 6.69. The van der Waals surface area contributed by atoms with E-state index < -0.39 is 0 Å². The molecule has 5 nitrogen and oxygen atoms in total. The third-order valence-electron chi connectivity index (χ3n) is 3.29. The zero-order valence-corrected chi connectivity index (χ0v) is 13.3. The highest BCUT2D eigenvalue weighted by atomic mass is 32.1. The summed E-state index contributed by atoms with van der Waals surface area (Å²) in [6, 6.07) is 5.58. The van der Waals surface area contributed by atoms with Gasteiger partial charge in [-0.05, 0) is 32.2 Å². The number of methoxy groups -OCH3 is 1. The van der Waals surface area contributed by atoms with Gasteiger partial charge >= 0.3 is 0 Å². The summed E-state index contributed by atoms with van der Waals surface area (Å²) in [4.78, 5) is 7.73. The van der Waals surface area contributed by atoms with Crippen LogP contribution in [0.2, 0.25) is 0 Å². The SMILES string of the molecule is COc1ccc(C(=N)N)cc1CN(C)Cc1scnc1C. The predicted molar refractivity (Wildman–Crippen MR) is 86.0 cm³/mol. The summed E-state index contributed by atoms with van der Waals surface area (Å²) in [6.07, 6.45) is 0. The molecule has 0 aliphatic carbocycles. The number of benzene rings is 1. The van der Waals surface area contributed by atoms with Gasteiger partial charge in [-0.1, -0.05) is 0 Å². The standard InChI is InChI=1S/C15H20N4OS/c1-10-14(21-9-18-10)8-19(2)7-12-6-11(15(16)17)4-5-13(12)20-3/h4-6,9H,7-8H2,1-3H3,(H3,16,17). The van der Waals surface area contributed by atoms with Crippen LogP contribution < -0.4 is 10.5 Å². The van der Waals surface area contributed by atoms with Gasteiger partial charge in [-0.15, -0.1) is 11.3 Å². The average molecular weight is 304 g/mol. The van der Waals surface area contributed by atoms with Gasteiger partial charge < -0.3 is 10.5 Å². The fraction of sp³-hybridized carbons (Fsp3) is 0.333. The van der Waals surface area contributed by atoms with Crippen molar-refractivity contribution in [2.75, 3.05) is 14.2 Å². The summed E-state index contributed by atoms with van der Waals surface area (Å²) in [5.74, 6) is 0.882. The first-order chi connectivity index (χ1) is 10.0. The highest BCUT2D eigenvalue weighted by Gasteiger charge is 2.11. The van der Waals surface area contributed by atoms with Crippen LogP contribution in [0.5, 0.6) is 5.75 Å². The molecule has 1 aromatic heterocycles. The second-order valence-corrected chi connectivity index (χ2v) is 5.91. The summed E-state index contributed by atoms with van der Waals surface area (Å²) in [6.45, 7) is 3.59. The van der Waals surface area contributed by atoms with Gasteiger partial charge in [0, 0.05) is 29.1 Å². The van der Waals surface area contributed by atoms with E-state index in [9.17, 15) is 0 Å². The first-order valence-corrected chi connectivity index (χ1v) is 7.48. The van der Waals surface area contributed by atoms with E-state index in [2.05, 4.69) is 16.9 Å². The Kier molecular flexibility index (Phi) is 4.93. The normalized spacial score (nSPS) is 10.9. The molecule has 3 N–H and O–H groups in total. The molecule has 2 rings (SSSR count). The summed E-state index contributed by atoms with van der Waals surface area (Å²) in [5, 5.41) is 7.55. The average Bonchev–Trinajstić information content (AvgIpc) is 2.84. The molecule has 0 aliphatic rings. The summed E-state index contributed by atoms with van der Waals surface area (Å²) < 4.78 is 5.39. The minimum absolute atomic E-state index is 0.0693. The molecule has 1 heterocycles. The molecule has 0 amide bonds. The first kappa shape index (κ1) is 15.5. The maximum Gasteiger partial charge on any atom is 0.123 e. The van der Waals surface area contributed by atoms with Crippen LogP contribution in [0.3, 0.4) is 0 Å². The molecule has 112 valence electrons. The number of nitrogen functional groups attached to an aromatic ring is 1. The lowest BCUT2D eigenvalue weighted by Crippen LogP contribution is -2.18. The van der Waals surface area contributed by atoms with E-state index in [0.717, 1.165) is 30.1 Å². The number of nitrogens with two attached hydrogens (primary N) is 1. The van der Waals surface area contributed by atoms with Gasteiger partial charge in [0.15, 0.2) is 0 Å². The van der Waals surface area contributed by atoms with E-state index in [1.165, 1.54) is 4.88 Å². The number of nitrogens with one attached hydrogen (secondary N) is 1. The van der Waals surface area contributed by atoms with Gasteiger partial charge in [-0.25, -0.2) is 4.98 Å². The van der Waals surface area contributed by atoms with Crippen LogP contribution in [0, 0.1) is 12.3 Å². The lowest BCUT2D eigenvalue weighted by atomic mass is 10.1. The summed E-state index contributed by atoms with van der Waals surface area (Å²) in [5.41, 5.74) is 10.2. The maximum absolute atomic E-state index is 7.55. The monoisotopic (exact) mass is 304 g/mol. The molecule has 0 saturated carbocycles. The number of rotatable bonds is 6. The van der Waals surface area contributed by atoms with Gasteiger partial charge in [0.2, 0.25) is 0 Å². The molecule has 2 aromatic rings. The van der Waals surface area contributed by atoms with Crippen molar-refractivity contribution in [1.29, 1.82) is 5.41 Å². The van der Waals surface area contributed by atoms with Crippen LogP contribution in [0.1, 0.15) is 21.7 Å². The third kappa shape index (κ3) is 3.80. The van der Waals surface area contributed by atoms with Gasteiger partial charge in [0.1, 0.15) is 11.6 Å². The van der Waals surface area contributed by atoms with Crippen molar-refractivity contribution in [1.82, 2.24) is 9.88 Å². The lowest BCUT2D eigenvalue weighted by molar-refractivity contribution is 0.312. The van der Waals surface area contributed by atoms with E-state index in [0.29, 0.717) is 5.56 Å². The van der Waals surface area contributed by atoms with Crippen molar-refractivity contribution in [3.05, 3.63) is 45.4 Å². The number of hydrogen-bond donors (Lipinski definition) is 2. The Morgan fingerprint density at radius 1 is 1.43 bits per heavy atom. The van der Waals surface area contributed by atoms with Crippen LogP contribution >= 0.6 is 11.3 Å². The van der Waals surface area contributed by atoms with Crippen molar-refractivity contribution in [2.45, 2.75) is 20.0 Å². The van der Waals surface area contributed by atoms with Crippen molar-refractivity contribution < 1.29 is 4.74 Å². The zero-order valence-electron chi connectivity index (χ0n) is 12.5. The Hall–Kier alpha value is -1.92. The fourth-order valence-corrected chi connectivity index (χ4v) is 3.00. The Labute approximate surface area is 128 Å². The molecule has 0 aliphatic heterocycles. The molecule has 0 unspecified atom stereocenters. The van der Waals surface area contributed by atoms with E-state index in [1.54, 1.807) is 24.5 Å². The number of nitrogens with zero attached hydrogens (tertiary/aromatic N) is 2. The van der Waals surface area contributed by atoms with Gasteiger partial charge in [0.05, 0.1) is 18.3 Å². The predicted octanol–water partition coefficient (Wildman–Crippen LogP) is 2.38. The van der Waals surface area contributed by atoms with Crippen LogP contribution in [-0.2, 0) is 13.1 Å². The molecule has 1 aromatic carbocycles. The number of aryl methyl sites for hydroxylation is 1. The van der Waals surface area contributed by atoms with E-state index in [4.69, 9.17) is 15.9 Å². The second-order valence-electron chi connectivity index (χ2n) is 4.97. The van der Waals surface area contributed by atoms with Crippen LogP contribution in [0.4, 0.5) is 0 Å². The molecular weight excluding hydrogens is 284 g/mol. The summed E-state index contributed by atoms with van der Waals surface area (Å²) >= 11 is 1.67. The molecule has 0 fully saturated rings. The molecule has 21 heavy (non-hydrogen) atoms. The molecule has 0 spiro atoms. The van der Waals surface area contributed by atoms with Gasteiger partial charge in [0.25, 0.3) is 0 Å². The van der Waals surface area contributed by atoms with Crippen LogP contribution in [0.25, 0.3) is 0 Å². The highest BCUT2D eigenvalue weighted by molar-refractivity contribution is 7.09. The molecule has 0 atom stereocenters. The smallest absolute Gasteiger partial charge is 0.123 e. The van der Waals surface area contributed by atoms with Crippen LogP contribution in [-0.4, -0.2) is 29.9 Å². The Morgan fingerprint density at radius 2 is 2.19 bits per heavy atom. The van der Waals surface area contributed by atoms with E-state index in [-0.39, 0.29) is 5.84 Å². The summed E-state index contributed by atoms with van der Waals surface area (Å²) in [7, 11) is 3.71. The Bertz CT molecular complexity index is 638. The number of aromatic nitrogens is 1. The molecule has 6 heteroatoms. The molecule has 0 radical (unpaired) electrons. The van der Waals surface area contributed by atoms with Crippen molar-refractivity contribution in [3.63, 3.8) is 0 Å². The molecule has 0 saturated heterocycles. The van der Waals surface area contributed by atoms with E-state index in [1.807, 2.05) is 24.6 Å². The molecular formula is C15H20N4OS. The molecule has 0 bridgehead atoms. The van der Waals surface area contributed by atoms with E-state index >= 15 is 0 Å². The highest BCUT2D eigenvalue weighted by Crippen LogP contribution is 2.23.